The molecule has 36 heavy (non-hydrogen) atoms. The molecule has 0 aliphatic rings. The van der Waals surface area contributed by atoms with Crippen molar-refractivity contribution in [1.29, 1.82) is 0 Å². The first kappa shape index (κ1) is 30.7. The number of benzene rings is 2. The fourth-order valence-electron chi connectivity index (χ4n) is 3.86. The summed E-state index contributed by atoms with van der Waals surface area (Å²) in [5.41, 5.74) is 12.9. The number of hydrogen-bond donors (Lipinski definition) is 2. The number of carbonyl (C=O) groups excluding carboxylic acids is 2. The highest BCUT2D eigenvalue weighted by Gasteiger charge is 2.20. The Labute approximate surface area is 233 Å². The fourth-order valence-corrected chi connectivity index (χ4v) is 4.86. The van der Waals surface area contributed by atoms with Gasteiger partial charge in [-0.25, -0.2) is 0 Å². The summed E-state index contributed by atoms with van der Waals surface area (Å²) in [4.78, 5) is 28.6. The van der Waals surface area contributed by atoms with Gasteiger partial charge in [-0.2, -0.15) is 0 Å². The number of nitrogens with zero attached hydrogens (tertiary/aromatic N) is 2. The molecule has 0 radical (unpaired) electrons. The van der Waals surface area contributed by atoms with Gasteiger partial charge in [0, 0.05) is 33.2 Å². The summed E-state index contributed by atoms with van der Waals surface area (Å²) < 4.78 is 0. The van der Waals surface area contributed by atoms with Gasteiger partial charge in [0.25, 0.3) is 0 Å². The number of amides is 2. The van der Waals surface area contributed by atoms with Crippen LogP contribution in [0.1, 0.15) is 36.8 Å². The molecule has 6 nitrogen and oxygen atoms in total. The molecule has 2 amide bonds. The Morgan fingerprint density at radius 3 is 1.81 bits per heavy atom. The number of hydrogen-bond acceptors (Lipinski definition) is 4. The van der Waals surface area contributed by atoms with Crippen LogP contribution < -0.4 is 11.5 Å². The van der Waals surface area contributed by atoms with Gasteiger partial charge in [-0.3, -0.25) is 14.5 Å². The second-order valence-corrected chi connectivity index (χ2v) is 10.4. The quantitative estimate of drug-likeness (QED) is 0.268. The topological polar surface area (TPSA) is 92.7 Å². The summed E-state index contributed by atoms with van der Waals surface area (Å²) in [7, 11) is 0. The van der Waals surface area contributed by atoms with Gasteiger partial charge in [0.1, 0.15) is 0 Å². The minimum absolute atomic E-state index is 0.155. The van der Waals surface area contributed by atoms with Crippen LogP contribution in [-0.2, 0) is 22.4 Å². The first-order chi connectivity index (χ1) is 17.2. The van der Waals surface area contributed by atoms with Gasteiger partial charge in [0.15, 0.2) is 0 Å². The summed E-state index contributed by atoms with van der Waals surface area (Å²) >= 11 is 24.6. The van der Waals surface area contributed by atoms with Crippen molar-refractivity contribution in [3.63, 3.8) is 0 Å². The van der Waals surface area contributed by atoms with Crippen LogP contribution in [0, 0.1) is 0 Å². The van der Waals surface area contributed by atoms with E-state index < -0.39 is 5.91 Å². The Kier molecular flexibility index (Phi) is 13.9. The van der Waals surface area contributed by atoms with Crippen LogP contribution in [0.2, 0.25) is 20.1 Å². The number of halogens is 4. The predicted molar refractivity (Wildman–Crippen MR) is 150 cm³/mol. The van der Waals surface area contributed by atoms with E-state index >= 15 is 0 Å². The van der Waals surface area contributed by atoms with E-state index in [-0.39, 0.29) is 19.0 Å². The zero-order valence-electron chi connectivity index (χ0n) is 20.3. The van der Waals surface area contributed by atoms with Crippen molar-refractivity contribution in [2.75, 3.05) is 39.3 Å². The summed E-state index contributed by atoms with van der Waals surface area (Å²) in [6.07, 6.45) is 5.16. The Morgan fingerprint density at radius 2 is 1.28 bits per heavy atom. The van der Waals surface area contributed by atoms with Crippen molar-refractivity contribution in [3.05, 3.63) is 67.6 Å². The third kappa shape index (κ3) is 11.2. The molecule has 0 atom stereocenters. The highest BCUT2D eigenvalue weighted by molar-refractivity contribution is 6.35. The monoisotopic (exact) mass is 574 g/mol. The highest BCUT2D eigenvalue weighted by Crippen LogP contribution is 2.23. The van der Waals surface area contributed by atoms with Crippen LogP contribution in [0.15, 0.2) is 36.4 Å². The molecule has 198 valence electrons. The van der Waals surface area contributed by atoms with Gasteiger partial charge >= 0.3 is 0 Å². The summed E-state index contributed by atoms with van der Waals surface area (Å²) in [6, 6.07) is 10.7. The minimum atomic E-state index is -0.563. The molecule has 0 aromatic heterocycles. The third-order valence-electron chi connectivity index (χ3n) is 5.87. The van der Waals surface area contributed by atoms with Gasteiger partial charge in [-0.05, 0) is 74.2 Å². The van der Waals surface area contributed by atoms with E-state index in [4.69, 9.17) is 57.9 Å². The molecule has 0 aliphatic heterocycles. The largest absolute Gasteiger partial charge is 0.368 e. The van der Waals surface area contributed by atoms with Crippen molar-refractivity contribution in [1.82, 2.24) is 9.80 Å². The van der Waals surface area contributed by atoms with E-state index in [1.165, 1.54) is 4.90 Å². The van der Waals surface area contributed by atoms with Crippen LogP contribution in [0.3, 0.4) is 0 Å². The third-order valence-corrected chi connectivity index (χ3v) is 7.04. The zero-order chi connectivity index (χ0) is 26.5. The maximum absolute atomic E-state index is 13.3. The smallest absolute Gasteiger partial charge is 0.237 e. The molecule has 2 rings (SSSR count). The van der Waals surface area contributed by atoms with Crippen LogP contribution in [0.5, 0.6) is 0 Å². The second kappa shape index (κ2) is 16.3. The zero-order valence-corrected chi connectivity index (χ0v) is 23.4. The molecule has 0 unspecified atom stereocenters. The standard InChI is InChI=1S/C26H34Cl4N4O2/c27-21-7-5-19(23(29)15-21)9-13-33(12-4-2-1-3-11-31)18-26(36)34(17-25(32)35)14-10-20-6-8-22(28)16-24(20)30/h5-8,15-16H,1-4,9-14,17-18,31H2,(H2,32,35). The van der Waals surface area contributed by atoms with Gasteiger partial charge < -0.3 is 16.4 Å². The molecule has 4 N–H and O–H groups in total. The molecule has 2 aromatic rings. The lowest BCUT2D eigenvalue weighted by Crippen LogP contribution is -2.45. The van der Waals surface area contributed by atoms with Crippen molar-refractivity contribution in [3.8, 4) is 0 Å². The normalized spacial score (nSPS) is 11.2. The average Bonchev–Trinajstić information content (AvgIpc) is 2.81. The maximum atomic E-state index is 13.3. The molecule has 0 aliphatic carbocycles. The van der Waals surface area contributed by atoms with Crippen molar-refractivity contribution >= 4 is 58.2 Å². The van der Waals surface area contributed by atoms with E-state index in [1.54, 1.807) is 18.2 Å². The van der Waals surface area contributed by atoms with E-state index in [9.17, 15) is 9.59 Å². The predicted octanol–water partition coefficient (Wildman–Crippen LogP) is 5.22. The lowest BCUT2D eigenvalue weighted by Gasteiger charge is -2.27. The highest BCUT2D eigenvalue weighted by atomic mass is 35.5. The van der Waals surface area contributed by atoms with E-state index in [2.05, 4.69) is 4.90 Å². The Morgan fingerprint density at radius 1 is 0.722 bits per heavy atom. The van der Waals surface area contributed by atoms with Crippen LogP contribution in [0.25, 0.3) is 0 Å². The number of carbonyl (C=O) groups is 2. The van der Waals surface area contributed by atoms with Gasteiger partial charge in [0.05, 0.1) is 13.1 Å². The van der Waals surface area contributed by atoms with Crippen molar-refractivity contribution in [2.24, 2.45) is 11.5 Å². The molecule has 0 spiro atoms. The fraction of sp³-hybridized carbons (Fsp3) is 0.462. The number of nitrogens with two attached hydrogens (primary N) is 2. The number of primary amides is 1. The van der Waals surface area contributed by atoms with Gasteiger partial charge in [-0.15, -0.1) is 0 Å². The van der Waals surface area contributed by atoms with E-state index in [0.29, 0.717) is 52.6 Å². The maximum Gasteiger partial charge on any atom is 0.237 e. The molecule has 10 heteroatoms. The number of rotatable bonds is 16. The molecular weight excluding hydrogens is 542 g/mol. The van der Waals surface area contributed by atoms with E-state index in [0.717, 1.165) is 43.4 Å². The summed E-state index contributed by atoms with van der Waals surface area (Å²) in [5.74, 6) is -0.727. The molecule has 0 saturated carbocycles. The van der Waals surface area contributed by atoms with Gasteiger partial charge in [0.2, 0.25) is 11.8 Å². The van der Waals surface area contributed by atoms with Crippen molar-refractivity contribution < 1.29 is 9.59 Å². The van der Waals surface area contributed by atoms with Crippen LogP contribution >= 0.6 is 46.4 Å². The van der Waals surface area contributed by atoms with E-state index in [1.807, 2.05) is 18.2 Å². The molecule has 0 bridgehead atoms. The van der Waals surface area contributed by atoms with Crippen LogP contribution in [-0.4, -0.2) is 60.9 Å². The Hall–Kier alpha value is -1.54. The first-order valence-corrected chi connectivity index (χ1v) is 13.6. The van der Waals surface area contributed by atoms with Crippen molar-refractivity contribution in [2.45, 2.75) is 38.5 Å². The molecule has 0 saturated heterocycles. The molecule has 0 fully saturated rings. The Bertz CT molecular complexity index is 1010. The SMILES string of the molecule is NCCCCCCN(CCc1ccc(Cl)cc1Cl)CC(=O)N(CCc1ccc(Cl)cc1Cl)CC(N)=O. The lowest BCUT2D eigenvalue weighted by atomic mass is 10.1. The summed E-state index contributed by atoms with van der Waals surface area (Å²) in [6.45, 7) is 2.39. The average molecular weight is 576 g/mol. The number of unbranched alkanes of at least 4 members (excludes halogenated alkanes) is 3. The molecule has 0 heterocycles. The molecular formula is C26H34Cl4N4O2. The first-order valence-electron chi connectivity index (χ1n) is 12.1. The van der Waals surface area contributed by atoms with Gasteiger partial charge in [-0.1, -0.05) is 71.4 Å². The second-order valence-electron chi connectivity index (χ2n) is 8.73. The Balaban J connectivity index is 2.06. The molecule has 2 aromatic carbocycles. The summed E-state index contributed by atoms with van der Waals surface area (Å²) in [5, 5.41) is 2.25. The lowest BCUT2D eigenvalue weighted by molar-refractivity contribution is -0.136. The van der Waals surface area contributed by atoms with Crippen LogP contribution in [0.4, 0.5) is 0 Å². The minimum Gasteiger partial charge on any atom is -0.368 e.